The van der Waals surface area contributed by atoms with Gasteiger partial charge < -0.3 is 14.8 Å². The number of ether oxygens (including phenoxy) is 2. The minimum Gasteiger partial charge on any atom is -0.465 e. The molecule has 5 nitrogen and oxygen atoms in total. The third-order valence-electron chi connectivity index (χ3n) is 4.85. The Morgan fingerprint density at radius 2 is 2.18 bits per heavy atom. The minimum atomic E-state index is -0.340. The molecule has 1 saturated carbocycles. The highest BCUT2D eigenvalue weighted by molar-refractivity contribution is 5.90. The van der Waals surface area contributed by atoms with Crippen LogP contribution in [0.4, 0.5) is 5.82 Å². The average molecular weight is 304 g/mol. The Hall–Kier alpha value is -1.62. The van der Waals surface area contributed by atoms with Gasteiger partial charge in [0.1, 0.15) is 5.82 Å². The van der Waals surface area contributed by atoms with Crippen molar-refractivity contribution >= 4 is 11.8 Å². The molecule has 120 valence electrons. The molecule has 1 aliphatic heterocycles. The van der Waals surface area contributed by atoms with Crippen LogP contribution in [0.3, 0.4) is 0 Å². The van der Waals surface area contributed by atoms with Gasteiger partial charge in [0, 0.05) is 12.6 Å². The number of carbonyl (C=O) groups is 1. The molecule has 0 bridgehead atoms. The third kappa shape index (κ3) is 3.09. The maximum absolute atomic E-state index is 11.6. The van der Waals surface area contributed by atoms with Crippen LogP contribution in [0.25, 0.3) is 0 Å². The highest BCUT2D eigenvalue weighted by Gasteiger charge is 2.39. The fraction of sp³-hybridized carbons (Fsp3) is 0.647. The van der Waals surface area contributed by atoms with Crippen LogP contribution in [0.2, 0.25) is 0 Å². The second-order valence-corrected chi connectivity index (χ2v) is 6.39. The van der Waals surface area contributed by atoms with Crippen LogP contribution in [0.1, 0.15) is 54.6 Å². The topological polar surface area (TPSA) is 60.5 Å². The molecule has 2 heterocycles. The molecule has 1 unspecified atom stereocenters. The minimum absolute atomic E-state index is 0.0942. The quantitative estimate of drug-likeness (QED) is 0.870. The Bertz CT molecular complexity index is 553. The highest BCUT2D eigenvalue weighted by Crippen LogP contribution is 2.40. The highest BCUT2D eigenvalue weighted by atomic mass is 16.5. The molecule has 1 spiro atoms. The second kappa shape index (κ2) is 6.24. The molecule has 0 amide bonds. The lowest BCUT2D eigenvalue weighted by molar-refractivity contribution is -0.0767. The standard InChI is InChI=1S/C17H24N2O3/c1-12-14(16(20)21-2)5-6-15(18-12)19-13-7-10-22-17(11-13)8-3-4-9-17/h5-6,13H,3-4,7-11H2,1-2H3,(H,18,19). The van der Waals surface area contributed by atoms with Crippen LogP contribution < -0.4 is 5.32 Å². The van der Waals surface area contributed by atoms with E-state index in [2.05, 4.69) is 10.3 Å². The molecule has 2 fully saturated rings. The molecule has 3 rings (SSSR count). The summed E-state index contributed by atoms with van der Waals surface area (Å²) in [7, 11) is 1.39. The Labute approximate surface area is 131 Å². The van der Waals surface area contributed by atoms with Gasteiger partial charge in [0.05, 0.1) is 24.0 Å². The molecule has 1 aromatic heterocycles. The summed E-state index contributed by atoms with van der Waals surface area (Å²) in [5.41, 5.74) is 1.31. The lowest BCUT2D eigenvalue weighted by atomic mass is 9.89. The van der Waals surface area contributed by atoms with E-state index in [0.29, 0.717) is 17.3 Å². The molecule has 2 aliphatic rings. The number of rotatable bonds is 3. The van der Waals surface area contributed by atoms with Crippen molar-refractivity contribution in [1.29, 1.82) is 0 Å². The Morgan fingerprint density at radius 1 is 1.41 bits per heavy atom. The zero-order valence-corrected chi connectivity index (χ0v) is 13.4. The summed E-state index contributed by atoms with van der Waals surface area (Å²) >= 11 is 0. The first-order valence-electron chi connectivity index (χ1n) is 8.08. The van der Waals surface area contributed by atoms with Crippen molar-refractivity contribution in [3.63, 3.8) is 0 Å². The number of nitrogens with one attached hydrogen (secondary N) is 1. The maximum Gasteiger partial charge on any atom is 0.339 e. The van der Waals surface area contributed by atoms with Crippen molar-refractivity contribution in [2.45, 2.75) is 57.1 Å². The zero-order valence-electron chi connectivity index (χ0n) is 13.4. The van der Waals surface area contributed by atoms with Crippen molar-refractivity contribution in [2.24, 2.45) is 0 Å². The average Bonchev–Trinajstić information content (AvgIpc) is 2.94. The molecule has 1 aromatic rings. The lowest BCUT2D eigenvalue weighted by Crippen LogP contribution is -2.42. The molecule has 0 radical (unpaired) electrons. The largest absolute Gasteiger partial charge is 0.465 e. The van der Waals surface area contributed by atoms with Crippen molar-refractivity contribution in [3.8, 4) is 0 Å². The van der Waals surface area contributed by atoms with E-state index in [4.69, 9.17) is 9.47 Å². The van der Waals surface area contributed by atoms with Crippen molar-refractivity contribution in [2.75, 3.05) is 19.0 Å². The fourth-order valence-electron chi connectivity index (χ4n) is 3.70. The molecule has 1 atom stereocenters. The van der Waals surface area contributed by atoms with E-state index in [1.54, 1.807) is 6.07 Å². The van der Waals surface area contributed by atoms with E-state index < -0.39 is 0 Å². The van der Waals surface area contributed by atoms with Crippen LogP contribution in [0.15, 0.2) is 12.1 Å². The monoisotopic (exact) mass is 304 g/mol. The van der Waals surface area contributed by atoms with Gasteiger partial charge in [-0.1, -0.05) is 12.8 Å². The van der Waals surface area contributed by atoms with Crippen LogP contribution in [0, 0.1) is 6.92 Å². The lowest BCUT2D eigenvalue weighted by Gasteiger charge is -2.38. The van der Waals surface area contributed by atoms with E-state index in [0.717, 1.165) is 25.3 Å². The molecule has 1 saturated heterocycles. The van der Waals surface area contributed by atoms with Crippen molar-refractivity contribution in [3.05, 3.63) is 23.4 Å². The summed E-state index contributed by atoms with van der Waals surface area (Å²) < 4.78 is 10.8. The van der Waals surface area contributed by atoms with Gasteiger partial charge in [-0.3, -0.25) is 0 Å². The third-order valence-corrected chi connectivity index (χ3v) is 4.85. The number of methoxy groups -OCH3 is 1. The first kappa shape index (κ1) is 15.3. The van der Waals surface area contributed by atoms with E-state index in [1.165, 1.54) is 32.8 Å². The van der Waals surface area contributed by atoms with Crippen LogP contribution in [0.5, 0.6) is 0 Å². The maximum atomic E-state index is 11.6. The molecule has 5 heteroatoms. The van der Waals surface area contributed by atoms with Crippen molar-refractivity contribution < 1.29 is 14.3 Å². The number of aromatic nitrogens is 1. The van der Waals surface area contributed by atoms with Gasteiger partial charge in [0.15, 0.2) is 0 Å². The Balaban J connectivity index is 1.68. The molecular weight excluding hydrogens is 280 g/mol. The van der Waals surface area contributed by atoms with Gasteiger partial charge in [-0.2, -0.15) is 0 Å². The fourth-order valence-corrected chi connectivity index (χ4v) is 3.70. The Morgan fingerprint density at radius 3 is 2.86 bits per heavy atom. The smallest absolute Gasteiger partial charge is 0.339 e. The first-order valence-corrected chi connectivity index (χ1v) is 8.08. The Kier molecular flexibility index (Phi) is 4.34. The summed E-state index contributed by atoms with van der Waals surface area (Å²) in [5.74, 6) is 0.484. The van der Waals surface area contributed by atoms with Gasteiger partial charge in [0.2, 0.25) is 0 Å². The predicted octanol–water partition coefficient (Wildman–Crippen LogP) is 3.08. The molecule has 22 heavy (non-hydrogen) atoms. The summed E-state index contributed by atoms with van der Waals surface area (Å²) in [6.45, 7) is 2.65. The number of anilines is 1. The SMILES string of the molecule is COC(=O)c1ccc(NC2CCOC3(CCCC3)C2)nc1C. The molecule has 0 aromatic carbocycles. The van der Waals surface area contributed by atoms with E-state index in [9.17, 15) is 4.79 Å². The second-order valence-electron chi connectivity index (χ2n) is 6.39. The van der Waals surface area contributed by atoms with Gasteiger partial charge in [-0.25, -0.2) is 9.78 Å². The van der Waals surface area contributed by atoms with Crippen molar-refractivity contribution in [1.82, 2.24) is 4.98 Å². The van der Waals surface area contributed by atoms with Gasteiger partial charge in [0.25, 0.3) is 0 Å². The van der Waals surface area contributed by atoms with Crippen LogP contribution in [-0.4, -0.2) is 36.3 Å². The zero-order chi connectivity index (χ0) is 15.6. The number of hydrogen-bond donors (Lipinski definition) is 1. The summed E-state index contributed by atoms with van der Waals surface area (Å²) in [6.07, 6.45) is 6.96. The summed E-state index contributed by atoms with van der Waals surface area (Å²) in [6, 6.07) is 4.03. The van der Waals surface area contributed by atoms with E-state index in [1.807, 2.05) is 13.0 Å². The van der Waals surface area contributed by atoms with Gasteiger partial charge in [-0.05, 0) is 44.7 Å². The number of aryl methyl sites for hydroxylation is 1. The van der Waals surface area contributed by atoms with E-state index >= 15 is 0 Å². The summed E-state index contributed by atoms with van der Waals surface area (Å²) in [5, 5.41) is 3.51. The van der Waals surface area contributed by atoms with Gasteiger partial charge in [-0.15, -0.1) is 0 Å². The predicted molar refractivity (Wildman–Crippen MR) is 84.1 cm³/mol. The number of pyridine rings is 1. The van der Waals surface area contributed by atoms with Crippen LogP contribution >= 0.6 is 0 Å². The molecule has 1 aliphatic carbocycles. The first-order chi connectivity index (χ1) is 10.6. The summed E-state index contributed by atoms with van der Waals surface area (Å²) in [4.78, 5) is 16.1. The molecule has 1 N–H and O–H groups in total. The van der Waals surface area contributed by atoms with Gasteiger partial charge >= 0.3 is 5.97 Å². The normalized spacial score (nSPS) is 23.5. The number of hydrogen-bond acceptors (Lipinski definition) is 5. The molecular formula is C17H24N2O3. The number of carbonyl (C=O) groups excluding carboxylic acids is 1. The van der Waals surface area contributed by atoms with Crippen LogP contribution in [-0.2, 0) is 9.47 Å². The number of nitrogens with zero attached hydrogens (tertiary/aromatic N) is 1. The number of esters is 1. The van der Waals surface area contributed by atoms with E-state index in [-0.39, 0.29) is 11.6 Å².